The van der Waals surface area contributed by atoms with Crippen molar-refractivity contribution < 1.29 is 0 Å². The van der Waals surface area contributed by atoms with E-state index in [2.05, 4.69) is 26.8 Å². The Kier molecular flexibility index (Phi) is 5.53. The van der Waals surface area contributed by atoms with Crippen LogP contribution in [-0.2, 0) is 0 Å². The molecule has 15 heavy (non-hydrogen) atoms. The number of hydrogen-bond acceptors (Lipinski definition) is 2. The Morgan fingerprint density at radius 3 is 2.67 bits per heavy atom. The first-order valence-corrected chi connectivity index (χ1v) is 7.20. The Morgan fingerprint density at radius 2 is 2.13 bits per heavy atom. The molecule has 4 atom stereocenters. The summed E-state index contributed by atoms with van der Waals surface area (Å²) in [5.41, 5.74) is 0. The van der Waals surface area contributed by atoms with Gasteiger partial charge in [0.2, 0.25) is 0 Å². The molecule has 4 unspecified atom stereocenters. The van der Waals surface area contributed by atoms with Gasteiger partial charge in [-0.1, -0.05) is 27.2 Å². The molecule has 1 saturated carbocycles. The average Bonchev–Trinajstić information content (AvgIpc) is 2.28. The number of nitriles is 1. The van der Waals surface area contributed by atoms with Crippen molar-refractivity contribution in [2.75, 3.05) is 0 Å². The number of nitrogens with zero attached hydrogens (tertiary/aromatic N) is 1. The van der Waals surface area contributed by atoms with Crippen LogP contribution in [0.4, 0.5) is 0 Å². The van der Waals surface area contributed by atoms with E-state index in [4.69, 9.17) is 5.26 Å². The number of rotatable bonds is 4. The first-order valence-electron chi connectivity index (χ1n) is 6.26. The summed E-state index contributed by atoms with van der Waals surface area (Å²) in [5, 5.41) is 10.5. The predicted molar refractivity (Wildman–Crippen MR) is 67.9 cm³/mol. The van der Waals surface area contributed by atoms with Gasteiger partial charge in [-0.15, -0.1) is 0 Å². The van der Waals surface area contributed by atoms with Crippen molar-refractivity contribution >= 4 is 11.8 Å². The molecule has 0 N–H and O–H groups in total. The summed E-state index contributed by atoms with van der Waals surface area (Å²) >= 11 is 2.05. The Hall–Kier alpha value is -0.160. The van der Waals surface area contributed by atoms with Gasteiger partial charge in [0, 0.05) is 10.5 Å². The summed E-state index contributed by atoms with van der Waals surface area (Å²) in [7, 11) is 0. The van der Waals surface area contributed by atoms with E-state index in [1.165, 1.54) is 25.7 Å². The van der Waals surface area contributed by atoms with Gasteiger partial charge in [-0.25, -0.2) is 0 Å². The summed E-state index contributed by atoms with van der Waals surface area (Å²) in [6.07, 6.45) is 6.17. The van der Waals surface area contributed by atoms with Gasteiger partial charge in [0.25, 0.3) is 0 Å². The Balaban J connectivity index is 2.52. The molecule has 86 valence electrons. The topological polar surface area (TPSA) is 23.8 Å². The fourth-order valence-corrected chi connectivity index (χ4v) is 3.83. The van der Waals surface area contributed by atoms with Gasteiger partial charge in [-0.05, 0) is 31.6 Å². The SMILES string of the molecule is CCC1CCC(C#N)C(SC(C)CC)C1. The molecule has 0 aromatic rings. The van der Waals surface area contributed by atoms with Crippen LogP contribution in [0.3, 0.4) is 0 Å². The molecule has 0 aromatic carbocycles. The van der Waals surface area contributed by atoms with Gasteiger partial charge in [0.1, 0.15) is 0 Å². The molecule has 1 aliphatic carbocycles. The van der Waals surface area contributed by atoms with Crippen molar-refractivity contribution in [1.82, 2.24) is 0 Å². The van der Waals surface area contributed by atoms with Crippen LogP contribution in [0.1, 0.15) is 52.9 Å². The molecule has 0 aliphatic heterocycles. The Morgan fingerprint density at radius 1 is 1.40 bits per heavy atom. The number of thioether (sulfide) groups is 1. The van der Waals surface area contributed by atoms with E-state index in [1.807, 2.05) is 11.8 Å². The maximum absolute atomic E-state index is 9.14. The highest BCUT2D eigenvalue weighted by Crippen LogP contribution is 2.39. The molecule has 0 heterocycles. The van der Waals surface area contributed by atoms with E-state index in [0.29, 0.717) is 16.4 Å². The van der Waals surface area contributed by atoms with Gasteiger partial charge in [-0.3, -0.25) is 0 Å². The zero-order chi connectivity index (χ0) is 11.3. The summed E-state index contributed by atoms with van der Waals surface area (Å²) < 4.78 is 0. The van der Waals surface area contributed by atoms with Crippen molar-refractivity contribution in [2.45, 2.75) is 63.4 Å². The van der Waals surface area contributed by atoms with Gasteiger partial charge in [-0.2, -0.15) is 17.0 Å². The molecular formula is C13H23NS. The van der Waals surface area contributed by atoms with E-state index in [-0.39, 0.29) is 0 Å². The van der Waals surface area contributed by atoms with Crippen LogP contribution >= 0.6 is 11.8 Å². The molecule has 0 amide bonds. The lowest BCUT2D eigenvalue weighted by atomic mass is 9.81. The predicted octanol–water partition coefficient (Wildman–Crippen LogP) is 4.24. The maximum Gasteiger partial charge on any atom is 0.0667 e. The third-order valence-corrected chi connectivity index (χ3v) is 5.29. The second-order valence-corrected chi connectivity index (χ2v) is 6.40. The molecule has 1 nitrogen and oxygen atoms in total. The highest BCUT2D eigenvalue weighted by molar-refractivity contribution is 8.00. The fraction of sp³-hybridized carbons (Fsp3) is 0.923. The van der Waals surface area contributed by atoms with Gasteiger partial charge in [0.05, 0.1) is 12.0 Å². The molecule has 0 saturated heterocycles. The molecule has 1 fully saturated rings. The highest BCUT2D eigenvalue weighted by atomic mass is 32.2. The van der Waals surface area contributed by atoms with Crippen LogP contribution in [0.15, 0.2) is 0 Å². The minimum absolute atomic E-state index is 0.312. The lowest BCUT2D eigenvalue weighted by Gasteiger charge is -2.33. The van der Waals surface area contributed by atoms with Crippen LogP contribution in [0, 0.1) is 23.2 Å². The quantitative estimate of drug-likeness (QED) is 0.714. The first kappa shape index (κ1) is 12.9. The third kappa shape index (κ3) is 3.72. The Labute approximate surface area is 98.6 Å². The molecule has 1 aliphatic rings. The van der Waals surface area contributed by atoms with E-state index in [0.717, 1.165) is 12.3 Å². The molecule has 0 radical (unpaired) electrons. The van der Waals surface area contributed by atoms with Crippen molar-refractivity contribution in [3.63, 3.8) is 0 Å². The van der Waals surface area contributed by atoms with Crippen LogP contribution in [0.25, 0.3) is 0 Å². The fourth-order valence-electron chi connectivity index (χ4n) is 2.28. The Bertz CT molecular complexity index is 219. The summed E-state index contributed by atoms with van der Waals surface area (Å²) in [4.78, 5) is 0. The zero-order valence-corrected chi connectivity index (χ0v) is 11.0. The first-order chi connectivity index (χ1) is 7.21. The van der Waals surface area contributed by atoms with Crippen molar-refractivity contribution in [3.05, 3.63) is 0 Å². The van der Waals surface area contributed by atoms with E-state index < -0.39 is 0 Å². The minimum atomic E-state index is 0.312. The highest BCUT2D eigenvalue weighted by Gasteiger charge is 2.30. The molecule has 0 bridgehead atoms. The minimum Gasteiger partial charge on any atom is -0.198 e. The van der Waals surface area contributed by atoms with Crippen LogP contribution in [0.5, 0.6) is 0 Å². The van der Waals surface area contributed by atoms with Crippen LogP contribution in [0.2, 0.25) is 0 Å². The molecule has 2 heteroatoms. The maximum atomic E-state index is 9.14. The van der Waals surface area contributed by atoms with E-state index >= 15 is 0 Å². The molecule has 0 spiro atoms. The van der Waals surface area contributed by atoms with Crippen molar-refractivity contribution in [2.24, 2.45) is 11.8 Å². The molecule has 0 aromatic heterocycles. The van der Waals surface area contributed by atoms with Crippen LogP contribution < -0.4 is 0 Å². The average molecular weight is 225 g/mol. The normalized spacial score (nSPS) is 33.3. The van der Waals surface area contributed by atoms with Gasteiger partial charge < -0.3 is 0 Å². The van der Waals surface area contributed by atoms with Crippen molar-refractivity contribution in [1.29, 1.82) is 5.26 Å². The smallest absolute Gasteiger partial charge is 0.0667 e. The number of hydrogen-bond donors (Lipinski definition) is 0. The zero-order valence-electron chi connectivity index (χ0n) is 10.2. The summed E-state index contributed by atoms with van der Waals surface area (Å²) in [5.74, 6) is 1.18. The van der Waals surface area contributed by atoms with Gasteiger partial charge in [0.15, 0.2) is 0 Å². The lowest BCUT2D eigenvalue weighted by Crippen LogP contribution is -2.27. The standard InChI is InChI=1S/C13H23NS/c1-4-10(3)15-13-8-11(5-2)6-7-12(13)9-14/h10-13H,4-8H2,1-3H3. The molecule has 1 rings (SSSR count). The van der Waals surface area contributed by atoms with E-state index in [1.54, 1.807) is 0 Å². The van der Waals surface area contributed by atoms with Gasteiger partial charge >= 0.3 is 0 Å². The third-order valence-electron chi connectivity index (χ3n) is 3.63. The molecular weight excluding hydrogens is 202 g/mol. The second-order valence-electron chi connectivity index (χ2n) is 4.72. The monoisotopic (exact) mass is 225 g/mol. The largest absolute Gasteiger partial charge is 0.198 e. The van der Waals surface area contributed by atoms with E-state index in [9.17, 15) is 0 Å². The van der Waals surface area contributed by atoms with Crippen LogP contribution in [-0.4, -0.2) is 10.5 Å². The summed E-state index contributed by atoms with van der Waals surface area (Å²) in [6, 6.07) is 2.51. The van der Waals surface area contributed by atoms with Crippen molar-refractivity contribution in [3.8, 4) is 6.07 Å². The summed E-state index contributed by atoms with van der Waals surface area (Å²) in [6.45, 7) is 6.80. The second kappa shape index (κ2) is 6.43. The lowest BCUT2D eigenvalue weighted by molar-refractivity contribution is 0.316.